The van der Waals surface area contributed by atoms with Crippen LogP contribution in [0.3, 0.4) is 0 Å². The normalized spacial score (nSPS) is 10.7. The topological polar surface area (TPSA) is 126 Å². The third kappa shape index (κ3) is 58.7. The Morgan fingerprint density at radius 2 is 0.926 bits per heavy atom. The molecule has 0 saturated heterocycles. The van der Waals surface area contributed by atoms with Crippen molar-refractivity contribution in [1.82, 2.24) is 0 Å². The second-order valence-corrected chi connectivity index (χ2v) is 6.69. The van der Waals surface area contributed by atoms with E-state index in [-0.39, 0.29) is 118 Å². The molecule has 0 spiro atoms. The maximum atomic E-state index is 10.9. The summed E-state index contributed by atoms with van der Waals surface area (Å²) in [6.45, 7) is 1.81. The first-order valence-electron chi connectivity index (χ1n) is 8.71. The van der Waals surface area contributed by atoms with E-state index in [0.29, 0.717) is 6.42 Å². The zero-order chi connectivity index (χ0) is 18.0. The molecule has 0 aromatic rings. The van der Waals surface area contributed by atoms with E-state index in [1.807, 2.05) is 0 Å². The molecule has 0 N–H and O–H groups in total. The number of hydrogen-bond acceptors (Lipinski definition) is 6. The predicted octanol–water partition coefficient (Wildman–Crippen LogP) is -10.2. The van der Waals surface area contributed by atoms with E-state index in [0.717, 1.165) is 12.8 Å². The predicted molar refractivity (Wildman–Crippen MR) is 84.8 cm³/mol. The summed E-state index contributed by atoms with van der Waals surface area (Å²) >= 11 is 0. The number of unbranched alkanes of at least 4 members (excludes halogenated alkanes) is 11. The first kappa shape index (κ1) is 44.5. The van der Waals surface area contributed by atoms with Gasteiger partial charge in [-0.1, -0.05) is 90.4 Å². The van der Waals surface area contributed by atoms with E-state index in [2.05, 4.69) is 6.92 Å². The second kappa shape index (κ2) is 34.4. The summed E-state index contributed by atoms with van der Waals surface area (Å²) in [6, 6.07) is 0. The van der Waals surface area contributed by atoms with E-state index in [1.54, 1.807) is 0 Å². The van der Waals surface area contributed by atoms with E-state index in [1.165, 1.54) is 64.2 Å². The smallest absolute Gasteiger partial charge is 0.855 e. The van der Waals surface area contributed by atoms with E-state index < -0.39 is 23.1 Å². The third-order valence-electron chi connectivity index (χ3n) is 3.57. The molecule has 1 unspecified atom stereocenters. The average Bonchev–Trinajstić information content (AvgIpc) is 2.46. The van der Waals surface area contributed by atoms with Crippen LogP contribution in [0.5, 0.6) is 0 Å². The molecule has 0 aliphatic heterocycles. The van der Waals surface area contributed by atoms with Crippen molar-refractivity contribution >= 4 is 10.4 Å². The van der Waals surface area contributed by atoms with Crippen molar-refractivity contribution in [3.05, 3.63) is 0 Å². The molecule has 0 aromatic heterocycles. The van der Waals surface area contributed by atoms with Crippen molar-refractivity contribution in [3.8, 4) is 0 Å². The SMILES string of the molecule is CCCCCCCCCCCCCCC([O-])C[O-].O=S(=O)([O-])[O-].[Na+].[Na+].[Na+].[Na+]. The quantitative estimate of drug-likeness (QED) is 0.113. The van der Waals surface area contributed by atoms with Crippen molar-refractivity contribution < 1.29 is 146 Å². The van der Waals surface area contributed by atoms with Crippen LogP contribution in [0.4, 0.5) is 0 Å². The van der Waals surface area contributed by atoms with E-state index in [4.69, 9.17) is 17.5 Å². The first-order valence-corrected chi connectivity index (χ1v) is 10.0. The van der Waals surface area contributed by atoms with Gasteiger partial charge in [0.1, 0.15) is 0 Å². The van der Waals surface area contributed by atoms with Crippen LogP contribution in [0.15, 0.2) is 0 Å². The Morgan fingerprint density at radius 3 is 1.19 bits per heavy atom. The van der Waals surface area contributed by atoms with Crippen LogP contribution in [0.25, 0.3) is 0 Å². The molecule has 1 atom stereocenters. The van der Waals surface area contributed by atoms with Crippen LogP contribution >= 0.6 is 0 Å². The minimum absolute atomic E-state index is 0. The molecule has 27 heavy (non-hydrogen) atoms. The van der Waals surface area contributed by atoms with Crippen LogP contribution in [-0.4, -0.2) is 30.2 Å². The second-order valence-electron chi connectivity index (χ2n) is 5.87. The van der Waals surface area contributed by atoms with Gasteiger partial charge in [-0.3, -0.25) is 8.42 Å². The van der Waals surface area contributed by atoms with Crippen LogP contribution in [0, 0.1) is 0 Å². The Labute approximate surface area is 255 Å². The molecular formula is C16H32Na4O6S. The molecule has 0 radical (unpaired) electrons. The molecule has 0 amide bonds. The monoisotopic (exact) mass is 444 g/mol. The Bertz CT molecular complexity index is 327. The summed E-state index contributed by atoms with van der Waals surface area (Å²) in [4.78, 5) is 0. The van der Waals surface area contributed by atoms with Crippen LogP contribution in [0.1, 0.15) is 90.4 Å². The molecule has 6 nitrogen and oxygen atoms in total. The van der Waals surface area contributed by atoms with Gasteiger partial charge in [0.2, 0.25) is 0 Å². The largest absolute Gasteiger partial charge is 1.00 e. The Balaban J connectivity index is -0.000000109. The summed E-state index contributed by atoms with van der Waals surface area (Å²) < 4.78 is 34.1. The zero-order valence-electron chi connectivity index (χ0n) is 18.3. The van der Waals surface area contributed by atoms with Gasteiger partial charge in [-0.15, -0.1) is 6.10 Å². The maximum Gasteiger partial charge on any atom is 1.00 e. The van der Waals surface area contributed by atoms with Crippen LogP contribution in [-0.2, 0) is 10.4 Å². The van der Waals surface area contributed by atoms with Crippen molar-refractivity contribution in [3.63, 3.8) is 0 Å². The summed E-state index contributed by atoms with van der Waals surface area (Å²) in [5.74, 6) is 0. The average molecular weight is 444 g/mol. The van der Waals surface area contributed by atoms with E-state index >= 15 is 0 Å². The van der Waals surface area contributed by atoms with Gasteiger partial charge in [-0.2, -0.15) is 6.61 Å². The van der Waals surface area contributed by atoms with Gasteiger partial charge in [0.15, 0.2) is 0 Å². The maximum absolute atomic E-state index is 10.9. The van der Waals surface area contributed by atoms with Gasteiger partial charge in [0.25, 0.3) is 0 Å². The third-order valence-corrected chi connectivity index (χ3v) is 3.57. The van der Waals surface area contributed by atoms with Gasteiger partial charge >= 0.3 is 118 Å². The molecule has 0 aliphatic rings. The van der Waals surface area contributed by atoms with Crippen LogP contribution < -0.4 is 128 Å². The fourth-order valence-corrected chi connectivity index (χ4v) is 2.30. The molecule has 0 saturated carbocycles. The minimum atomic E-state index is -5.17. The molecule has 0 heterocycles. The van der Waals surface area contributed by atoms with Crippen molar-refractivity contribution in [2.45, 2.75) is 96.5 Å². The summed E-state index contributed by atoms with van der Waals surface area (Å²) in [6.07, 6.45) is 15.4. The van der Waals surface area contributed by atoms with Gasteiger partial charge in [-0.25, -0.2) is 0 Å². The molecule has 142 valence electrons. The summed E-state index contributed by atoms with van der Waals surface area (Å²) in [7, 11) is -5.17. The minimum Gasteiger partial charge on any atom is -0.855 e. The summed E-state index contributed by atoms with van der Waals surface area (Å²) in [5, 5.41) is 21.1. The Morgan fingerprint density at radius 1 is 0.667 bits per heavy atom. The molecular weight excluding hydrogens is 412 g/mol. The first-order chi connectivity index (χ1) is 10.8. The molecule has 0 rings (SSSR count). The Kier molecular flexibility index (Phi) is 56.7. The van der Waals surface area contributed by atoms with Crippen molar-refractivity contribution in [1.29, 1.82) is 0 Å². The van der Waals surface area contributed by atoms with Crippen molar-refractivity contribution in [2.75, 3.05) is 6.61 Å². The molecule has 11 heteroatoms. The number of hydrogen-bond donors (Lipinski definition) is 0. The molecule has 0 aliphatic carbocycles. The van der Waals surface area contributed by atoms with Crippen molar-refractivity contribution in [2.24, 2.45) is 0 Å². The standard InChI is InChI=1S/C16H32O2.4Na.H2O4S/c1-2-3-4-5-6-7-8-9-10-11-12-13-14-16(18)15-17;;;;;1-5(2,3)4/h16H,2-15H2,1H3;;;;;(H2,1,2,3,4)/q-2;4*+1;/p-2. The zero-order valence-corrected chi connectivity index (χ0v) is 27.2. The van der Waals surface area contributed by atoms with Gasteiger partial charge in [0, 0.05) is 10.4 Å². The molecule has 0 fully saturated rings. The Hall–Kier alpha value is 3.79. The molecule has 0 aromatic carbocycles. The fourth-order valence-electron chi connectivity index (χ4n) is 2.30. The number of rotatable bonds is 14. The van der Waals surface area contributed by atoms with Gasteiger partial charge in [-0.05, 0) is 0 Å². The van der Waals surface area contributed by atoms with Gasteiger partial charge < -0.3 is 19.3 Å². The fraction of sp³-hybridized carbons (Fsp3) is 1.00. The molecule has 0 bridgehead atoms. The summed E-state index contributed by atoms with van der Waals surface area (Å²) in [5.41, 5.74) is 0. The van der Waals surface area contributed by atoms with E-state index in [9.17, 15) is 10.2 Å². The van der Waals surface area contributed by atoms with Crippen LogP contribution in [0.2, 0.25) is 0 Å². The van der Waals surface area contributed by atoms with Gasteiger partial charge in [0.05, 0.1) is 0 Å².